The number of hydrogen-bond donors (Lipinski definition) is 1. The predicted octanol–water partition coefficient (Wildman–Crippen LogP) is 4.26. The van der Waals surface area contributed by atoms with Crippen LogP contribution in [0.4, 0.5) is 0 Å². The molecule has 0 fully saturated rings. The van der Waals surface area contributed by atoms with Gasteiger partial charge in [-0.05, 0) is 68.6 Å². The molecule has 23 heavy (non-hydrogen) atoms. The lowest BCUT2D eigenvalue weighted by Crippen LogP contribution is -2.19. The van der Waals surface area contributed by atoms with Gasteiger partial charge in [0.15, 0.2) is 0 Å². The van der Waals surface area contributed by atoms with Gasteiger partial charge >= 0.3 is 0 Å². The Kier molecular flexibility index (Phi) is 7.28. The lowest BCUT2D eigenvalue weighted by atomic mass is 9.89. The molecule has 2 N–H and O–H groups in total. The lowest BCUT2D eigenvalue weighted by molar-refractivity contribution is 0.346. The van der Waals surface area contributed by atoms with Crippen LogP contribution in [-0.4, -0.2) is 25.5 Å². The van der Waals surface area contributed by atoms with Crippen LogP contribution in [0.25, 0.3) is 0 Å². The summed E-state index contributed by atoms with van der Waals surface area (Å²) < 4.78 is 1.21. The number of nitrogens with zero attached hydrogens (tertiary/aromatic N) is 1. The summed E-state index contributed by atoms with van der Waals surface area (Å²) in [5.74, 6) is 0.629. The van der Waals surface area contributed by atoms with Crippen LogP contribution in [0, 0.1) is 5.92 Å². The van der Waals surface area contributed by atoms with E-state index >= 15 is 0 Å². The maximum Gasteiger partial charge on any atom is 0.0207 e. The Balaban J connectivity index is 2.11. The van der Waals surface area contributed by atoms with E-state index in [1.165, 1.54) is 27.6 Å². The molecule has 0 amide bonds. The Morgan fingerprint density at radius 1 is 1.00 bits per heavy atom. The van der Waals surface area contributed by atoms with Gasteiger partial charge in [-0.3, -0.25) is 0 Å². The SMILES string of the molecule is CN(C)CCC(Cc1cccc(CN)c1)Cc1ccccc1Br. The topological polar surface area (TPSA) is 29.3 Å². The Morgan fingerprint density at radius 3 is 2.43 bits per heavy atom. The van der Waals surface area contributed by atoms with Crippen molar-refractivity contribution in [2.24, 2.45) is 11.7 Å². The van der Waals surface area contributed by atoms with Crippen LogP contribution in [0.3, 0.4) is 0 Å². The van der Waals surface area contributed by atoms with Crippen LogP contribution in [-0.2, 0) is 19.4 Å². The molecular weight excluding hydrogens is 348 g/mol. The minimum absolute atomic E-state index is 0.612. The fourth-order valence-corrected chi connectivity index (χ4v) is 3.36. The second-order valence-corrected chi connectivity index (χ2v) is 7.34. The molecule has 0 aliphatic rings. The lowest BCUT2D eigenvalue weighted by Gasteiger charge is -2.20. The summed E-state index contributed by atoms with van der Waals surface area (Å²) in [6.07, 6.45) is 3.40. The van der Waals surface area contributed by atoms with E-state index in [2.05, 4.69) is 83.5 Å². The fraction of sp³-hybridized carbons (Fsp3) is 0.400. The zero-order valence-corrected chi connectivity index (χ0v) is 15.7. The highest BCUT2D eigenvalue weighted by atomic mass is 79.9. The standard InChI is InChI=1S/C20H27BrN2/c1-23(2)11-10-17(14-19-8-3-4-9-20(19)21)12-16-6-5-7-18(13-16)15-22/h3-9,13,17H,10-12,14-15,22H2,1-2H3. The first-order chi connectivity index (χ1) is 11.1. The van der Waals surface area contributed by atoms with Crippen LogP contribution < -0.4 is 5.73 Å². The first-order valence-corrected chi connectivity index (χ1v) is 9.04. The van der Waals surface area contributed by atoms with Gasteiger partial charge in [0, 0.05) is 11.0 Å². The van der Waals surface area contributed by atoms with E-state index in [9.17, 15) is 0 Å². The molecule has 2 rings (SSSR count). The van der Waals surface area contributed by atoms with Crippen molar-refractivity contribution < 1.29 is 0 Å². The van der Waals surface area contributed by atoms with E-state index in [4.69, 9.17) is 5.73 Å². The quantitative estimate of drug-likeness (QED) is 0.747. The molecule has 0 radical (unpaired) electrons. The third-order valence-corrected chi connectivity index (χ3v) is 4.98. The minimum Gasteiger partial charge on any atom is -0.326 e. The van der Waals surface area contributed by atoms with Crippen molar-refractivity contribution in [1.82, 2.24) is 4.90 Å². The molecule has 0 bridgehead atoms. The van der Waals surface area contributed by atoms with E-state index in [1.54, 1.807) is 0 Å². The highest BCUT2D eigenvalue weighted by Crippen LogP contribution is 2.24. The summed E-state index contributed by atoms with van der Waals surface area (Å²) in [5, 5.41) is 0. The molecule has 0 aliphatic heterocycles. The van der Waals surface area contributed by atoms with Crippen LogP contribution in [0.15, 0.2) is 53.0 Å². The molecule has 3 heteroatoms. The summed E-state index contributed by atoms with van der Waals surface area (Å²) in [4.78, 5) is 2.27. The first kappa shape index (κ1) is 18.2. The van der Waals surface area contributed by atoms with Gasteiger partial charge in [-0.15, -0.1) is 0 Å². The number of rotatable bonds is 8. The van der Waals surface area contributed by atoms with E-state index in [0.717, 1.165) is 19.4 Å². The molecule has 0 saturated heterocycles. The second-order valence-electron chi connectivity index (χ2n) is 6.48. The van der Waals surface area contributed by atoms with Crippen molar-refractivity contribution in [3.63, 3.8) is 0 Å². The molecule has 0 saturated carbocycles. The van der Waals surface area contributed by atoms with E-state index < -0.39 is 0 Å². The number of benzene rings is 2. The zero-order chi connectivity index (χ0) is 16.7. The third-order valence-electron chi connectivity index (χ3n) is 4.20. The van der Waals surface area contributed by atoms with Crippen LogP contribution >= 0.6 is 15.9 Å². The van der Waals surface area contributed by atoms with Gasteiger partial charge in [0.1, 0.15) is 0 Å². The fourth-order valence-electron chi connectivity index (χ4n) is 2.91. The molecule has 0 heterocycles. The van der Waals surface area contributed by atoms with Gasteiger partial charge in [0.25, 0.3) is 0 Å². The average Bonchev–Trinajstić information content (AvgIpc) is 2.55. The molecule has 1 unspecified atom stereocenters. The van der Waals surface area contributed by atoms with E-state index in [0.29, 0.717) is 12.5 Å². The Hall–Kier alpha value is -1.16. The number of halogens is 1. The molecular formula is C20H27BrN2. The molecule has 2 aromatic carbocycles. The van der Waals surface area contributed by atoms with Crippen molar-refractivity contribution in [2.75, 3.05) is 20.6 Å². The summed E-state index contributed by atoms with van der Waals surface area (Å²) in [6, 6.07) is 17.3. The maximum atomic E-state index is 5.78. The predicted molar refractivity (Wildman–Crippen MR) is 103 cm³/mol. The Morgan fingerprint density at radius 2 is 1.74 bits per heavy atom. The summed E-state index contributed by atoms with van der Waals surface area (Å²) >= 11 is 3.69. The van der Waals surface area contributed by atoms with Gasteiger partial charge < -0.3 is 10.6 Å². The molecule has 0 aromatic heterocycles. The molecule has 124 valence electrons. The van der Waals surface area contributed by atoms with Gasteiger partial charge in [-0.25, -0.2) is 0 Å². The number of hydrogen-bond acceptors (Lipinski definition) is 2. The first-order valence-electron chi connectivity index (χ1n) is 8.24. The average molecular weight is 375 g/mol. The minimum atomic E-state index is 0.612. The summed E-state index contributed by atoms with van der Waals surface area (Å²) in [7, 11) is 4.29. The highest BCUT2D eigenvalue weighted by Gasteiger charge is 2.13. The van der Waals surface area contributed by atoms with Crippen molar-refractivity contribution >= 4 is 15.9 Å². The molecule has 1 atom stereocenters. The van der Waals surface area contributed by atoms with Crippen LogP contribution in [0.5, 0.6) is 0 Å². The van der Waals surface area contributed by atoms with Crippen molar-refractivity contribution in [3.05, 3.63) is 69.7 Å². The second kappa shape index (κ2) is 9.21. The Bertz CT molecular complexity index is 610. The van der Waals surface area contributed by atoms with Crippen molar-refractivity contribution in [3.8, 4) is 0 Å². The Labute approximate surface area is 148 Å². The van der Waals surface area contributed by atoms with Gasteiger partial charge in [0.05, 0.1) is 0 Å². The summed E-state index contributed by atoms with van der Waals surface area (Å²) in [5.41, 5.74) is 9.78. The van der Waals surface area contributed by atoms with Crippen molar-refractivity contribution in [1.29, 1.82) is 0 Å². The van der Waals surface area contributed by atoms with Gasteiger partial charge in [-0.1, -0.05) is 58.4 Å². The van der Waals surface area contributed by atoms with Crippen LogP contribution in [0.1, 0.15) is 23.1 Å². The summed E-state index contributed by atoms with van der Waals surface area (Å²) in [6.45, 7) is 1.73. The monoisotopic (exact) mass is 374 g/mol. The van der Waals surface area contributed by atoms with Crippen molar-refractivity contribution in [2.45, 2.75) is 25.8 Å². The van der Waals surface area contributed by atoms with E-state index in [-0.39, 0.29) is 0 Å². The molecule has 2 nitrogen and oxygen atoms in total. The number of nitrogens with two attached hydrogens (primary N) is 1. The maximum absolute atomic E-state index is 5.78. The smallest absolute Gasteiger partial charge is 0.0207 e. The molecule has 0 spiro atoms. The third kappa shape index (κ3) is 6.09. The van der Waals surface area contributed by atoms with Gasteiger partial charge in [0.2, 0.25) is 0 Å². The van der Waals surface area contributed by atoms with Gasteiger partial charge in [-0.2, -0.15) is 0 Å². The highest BCUT2D eigenvalue weighted by molar-refractivity contribution is 9.10. The van der Waals surface area contributed by atoms with E-state index in [1.807, 2.05) is 0 Å². The molecule has 2 aromatic rings. The molecule has 0 aliphatic carbocycles. The largest absolute Gasteiger partial charge is 0.326 e. The normalized spacial score (nSPS) is 12.6. The zero-order valence-electron chi connectivity index (χ0n) is 14.1. The van der Waals surface area contributed by atoms with Crippen LogP contribution in [0.2, 0.25) is 0 Å².